The van der Waals surface area contributed by atoms with E-state index in [0.29, 0.717) is 24.0 Å². The van der Waals surface area contributed by atoms with Gasteiger partial charge in [0.1, 0.15) is 17.7 Å². The summed E-state index contributed by atoms with van der Waals surface area (Å²) >= 11 is 3.76. The molecule has 0 saturated carbocycles. The van der Waals surface area contributed by atoms with E-state index in [1.54, 1.807) is 29.0 Å². The highest BCUT2D eigenvalue weighted by Crippen LogP contribution is 2.61. The normalized spacial score (nSPS) is 26.9. The van der Waals surface area contributed by atoms with Crippen molar-refractivity contribution in [3.63, 3.8) is 0 Å². The van der Waals surface area contributed by atoms with Crippen LogP contribution in [0, 0.1) is 11.8 Å². The van der Waals surface area contributed by atoms with E-state index in [1.807, 2.05) is 74.5 Å². The molecule has 3 aliphatic heterocycles. The molecule has 3 aliphatic rings. The zero-order valence-electron chi connectivity index (χ0n) is 30.6. The van der Waals surface area contributed by atoms with Gasteiger partial charge >= 0.3 is 5.97 Å². The third kappa shape index (κ3) is 7.24. The van der Waals surface area contributed by atoms with Crippen LogP contribution in [0.4, 0.5) is 0 Å². The van der Waals surface area contributed by atoms with Crippen LogP contribution in [0.2, 0.25) is 0 Å². The first-order chi connectivity index (χ1) is 25.0. The Morgan fingerprint density at radius 2 is 1.71 bits per heavy atom. The molecule has 52 heavy (non-hydrogen) atoms. The summed E-state index contributed by atoms with van der Waals surface area (Å²) in [5, 5.41) is 10.9. The van der Waals surface area contributed by atoms with Crippen LogP contribution < -0.4 is 0 Å². The van der Waals surface area contributed by atoms with Crippen LogP contribution in [0.3, 0.4) is 0 Å². The van der Waals surface area contributed by atoms with Crippen molar-refractivity contribution in [3.05, 3.63) is 97.1 Å². The number of ether oxygens (including phenoxy) is 2. The van der Waals surface area contributed by atoms with Gasteiger partial charge in [-0.2, -0.15) is 0 Å². The van der Waals surface area contributed by atoms with Crippen LogP contribution in [-0.4, -0.2) is 98.4 Å². The molecule has 3 heterocycles. The van der Waals surface area contributed by atoms with Gasteiger partial charge in [-0.05, 0) is 44.2 Å². The fraction of sp³-hybridized carbons (Fsp3) is 0.512. The van der Waals surface area contributed by atoms with Gasteiger partial charge in [0.25, 0.3) is 0 Å². The Morgan fingerprint density at radius 1 is 1.08 bits per heavy atom. The number of hydrogen-bond acceptors (Lipinski definition) is 7. The predicted molar refractivity (Wildman–Crippen MR) is 202 cm³/mol. The molecule has 3 saturated heterocycles. The zero-order chi connectivity index (χ0) is 37.7. The number of benzene rings is 2. The Kier molecular flexibility index (Phi) is 12.8. The molecule has 0 radical (unpaired) electrons. The van der Waals surface area contributed by atoms with Crippen molar-refractivity contribution in [1.82, 2.24) is 14.7 Å². The minimum Gasteiger partial charge on any atom is -0.455 e. The highest BCUT2D eigenvalue weighted by molar-refractivity contribution is 9.09. The molecule has 10 atom stereocenters. The summed E-state index contributed by atoms with van der Waals surface area (Å²) < 4.78 is 13.2. The second-order valence-electron chi connectivity index (χ2n) is 14.3. The fourth-order valence-corrected chi connectivity index (χ4v) is 9.40. The van der Waals surface area contributed by atoms with E-state index in [1.165, 1.54) is 4.90 Å². The molecule has 0 aliphatic carbocycles. The van der Waals surface area contributed by atoms with Gasteiger partial charge in [0, 0.05) is 30.9 Å². The monoisotopic (exact) mass is 777 g/mol. The molecular weight excluding hydrogens is 726 g/mol. The first kappa shape index (κ1) is 39.4. The summed E-state index contributed by atoms with van der Waals surface area (Å²) in [6.45, 7) is 13.3. The molecule has 2 bridgehead atoms. The van der Waals surface area contributed by atoms with Crippen LogP contribution in [0.15, 0.2) is 86.0 Å². The molecule has 2 aromatic carbocycles. The Labute approximate surface area is 315 Å². The van der Waals surface area contributed by atoms with Gasteiger partial charge in [-0.15, -0.1) is 13.2 Å². The van der Waals surface area contributed by atoms with Crippen LogP contribution in [0.5, 0.6) is 0 Å². The van der Waals surface area contributed by atoms with E-state index in [2.05, 4.69) is 36.0 Å². The zero-order valence-corrected chi connectivity index (χ0v) is 32.2. The maximum Gasteiger partial charge on any atom is 0.313 e. The SMILES string of the molecule is C=CCCC(=O)N(C)[C@H](C)[C@H](OC(=O)[C@@H]1[C@H]2O[C@@]3(CC2Br)[C@H](C(=O)N(CC=C)C(C)CCC)N([C@H](CO)c2ccccc2)C(=O)[C@@H]13)c1ccccc1. The molecule has 2 unspecified atom stereocenters. The van der Waals surface area contributed by atoms with E-state index in [-0.39, 0.29) is 35.6 Å². The number of likely N-dealkylation sites (tertiary alicyclic amines) is 1. The number of halogens is 1. The lowest BCUT2D eigenvalue weighted by Gasteiger charge is -2.41. The maximum absolute atomic E-state index is 15.0. The molecule has 1 N–H and O–H groups in total. The Hall–Kier alpha value is -3.80. The molecule has 3 amide bonds. The standard InChI is InChI=1S/C41H52BrN3O7/c1-7-10-22-32(47)43(6)27(5)35(29-20-15-12-16-21-29)51-40(50)33-34-38(48)45(31(25-46)28-18-13-11-14-19-28)37(41(34)24-30(42)36(33)52-41)39(49)44(23-9-3)26(4)17-8-2/h7,9,11-16,18-21,26-27,30-31,33-37,46H,1,3,8,10,17,22-25H2,2,4-6H3/t26?,27-,30?,31-,33+,34-,35+,36+,37+,41-/m1/s1. The van der Waals surface area contributed by atoms with Crippen LogP contribution in [0.1, 0.15) is 76.1 Å². The summed E-state index contributed by atoms with van der Waals surface area (Å²) in [6, 6.07) is 15.7. The molecule has 3 fully saturated rings. The highest BCUT2D eigenvalue weighted by Gasteiger charge is 2.78. The van der Waals surface area contributed by atoms with Crippen molar-refractivity contribution >= 4 is 39.6 Å². The topological polar surface area (TPSA) is 117 Å². The first-order valence-electron chi connectivity index (χ1n) is 18.3. The number of amides is 3. The number of aliphatic hydroxyl groups is 1. The Morgan fingerprint density at radius 3 is 2.29 bits per heavy atom. The van der Waals surface area contributed by atoms with Gasteiger partial charge in [0.2, 0.25) is 17.7 Å². The van der Waals surface area contributed by atoms with Crippen molar-refractivity contribution < 1.29 is 33.8 Å². The number of hydrogen-bond donors (Lipinski definition) is 1. The van der Waals surface area contributed by atoms with Crippen LogP contribution in [0.25, 0.3) is 0 Å². The van der Waals surface area contributed by atoms with Gasteiger partial charge in [-0.25, -0.2) is 0 Å². The number of alkyl halides is 1. The van der Waals surface area contributed by atoms with Crippen molar-refractivity contribution in [1.29, 1.82) is 0 Å². The van der Waals surface area contributed by atoms with E-state index in [4.69, 9.17) is 9.47 Å². The van der Waals surface area contributed by atoms with E-state index >= 15 is 4.79 Å². The number of fused-ring (bicyclic) bond motifs is 1. The molecule has 1 spiro atoms. The summed E-state index contributed by atoms with van der Waals surface area (Å²) in [5.74, 6) is -3.60. The lowest BCUT2D eigenvalue weighted by atomic mass is 9.70. The Balaban J connectivity index is 1.57. The second kappa shape index (κ2) is 16.9. The average molecular weight is 779 g/mol. The summed E-state index contributed by atoms with van der Waals surface area (Å²) in [7, 11) is 1.69. The quantitative estimate of drug-likeness (QED) is 0.123. The van der Waals surface area contributed by atoms with Gasteiger partial charge in [-0.3, -0.25) is 19.2 Å². The van der Waals surface area contributed by atoms with E-state index < -0.39 is 66.3 Å². The smallest absolute Gasteiger partial charge is 0.313 e. The molecule has 11 heteroatoms. The molecule has 2 aromatic rings. The third-order valence-corrected chi connectivity index (χ3v) is 12.0. The van der Waals surface area contributed by atoms with Crippen molar-refractivity contribution in [2.45, 2.75) is 99.7 Å². The number of aliphatic hydroxyl groups excluding tert-OH is 1. The lowest BCUT2D eigenvalue weighted by molar-refractivity contribution is -0.165. The van der Waals surface area contributed by atoms with E-state index in [9.17, 15) is 19.5 Å². The van der Waals surface area contributed by atoms with Crippen LogP contribution in [-0.2, 0) is 28.7 Å². The lowest BCUT2D eigenvalue weighted by Crippen LogP contribution is -2.58. The van der Waals surface area contributed by atoms with Crippen LogP contribution >= 0.6 is 15.9 Å². The van der Waals surface area contributed by atoms with Crippen molar-refractivity contribution in [3.8, 4) is 0 Å². The minimum absolute atomic E-state index is 0.118. The summed E-state index contributed by atoms with van der Waals surface area (Å²) in [5.41, 5.74) is -0.00597. The Bertz CT molecular complexity index is 1610. The highest BCUT2D eigenvalue weighted by atomic mass is 79.9. The second-order valence-corrected chi connectivity index (χ2v) is 15.5. The van der Waals surface area contributed by atoms with Gasteiger partial charge in [0.15, 0.2) is 0 Å². The number of rotatable bonds is 17. The van der Waals surface area contributed by atoms with Crippen molar-refractivity contribution in [2.75, 3.05) is 20.2 Å². The molecule has 5 rings (SSSR count). The fourth-order valence-electron chi connectivity index (χ4n) is 8.46. The molecule has 10 nitrogen and oxygen atoms in total. The molecule has 280 valence electrons. The van der Waals surface area contributed by atoms with Gasteiger partial charge in [0.05, 0.1) is 36.6 Å². The third-order valence-electron chi connectivity index (χ3n) is 11.1. The number of allylic oxidation sites excluding steroid dienone is 1. The largest absolute Gasteiger partial charge is 0.455 e. The first-order valence-corrected chi connectivity index (χ1v) is 19.2. The number of likely N-dealkylation sites (N-methyl/N-ethyl adjacent to an activating group) is 1. The number of carbonyl (C=O) groups excluding carboxylic acids is 4. The summed E-state index contributed by atoms with van der Waals surface area (Å²) in [4.78, 5) is 62.2. The predicted octanol–water partition coefficient (Wildman–Crippen LogP) is 5.77. The summed E-state index contributed by atoms with van der Waals surface area (Å²) in [6.07, 6.45) is 4.43. The average Bonchev–Trinajstić information content (AvgIpc) is 3.75. The maximum atomic E-state index is 15.0. The van der Waals surface area contributed by atoms with E-state index in [0.717, 1.165) is 12.8 Å². The molecular formula is C41H52BrN3O7. The minimum atomic E-state index is -1.37. The van der Waals surface area contributed by atoms with Crippen molar-refractivity contribution in [2.24, 2.45) is 11.8 Å². The number of esters is 1. The van der Waals surface area contributed by atoms with Gasteiger partial charge in [-0.1, -0.05) is 102 Å². The molecule has 0 aromatic heterocycles. The number of nitrogens with zero attached hydrogens (tertiary/aromatic N) is 3. The van der Waals surface area contributed by atoms with Gasteiger partial charge < -0.3 is 29.3 Å². The number of carbonyl (C=O) groups is 4.